The van der Waals surface area contributed by atoms with E-state index >= 15 is 0 Å². The molecule has 0 aromatic heterocycles. The molecule has 0 spiro atoms. The molecule has 0 radical (unpaired) electrons. The maximum Gasteiger partial charge on any atom is 0.407 e. The summed E-state index contributed by atoms with van der Waals surface area (Å²) in [6.07, 6.45) is 2.17. The first-order valence-electron chi connectivity index (χ1n) is 7.17. The fraction of sp³-hybridized carbons (Fsp3) is 0.562. The number of carbonyl (C=O) groups is 1. The summed E-state index contributed by atoms with van der Waals surface area (Å²) in [6, 6.07) is 8.17. The second-order valence-electron chi connectivity index (χ2n) is 6.43. The Labute approximate surface area is 120 Å². The Kier molecular flexibility index (Phi) is 4.33. The average Bonchev–Trinajstić information content (AvgIpc) is 3.18. The molecule has 1 atom stereocenters. The molecule has 1 amide bonds. The molecule has 0 aliphatic heterocycles. The number of alkyl carbamates (subject to hydrolysis) is 1. The Hall–Kier alpha value is -1.55. The summed E-state index contributed by atoms with van der Waals surface area (Å²) >= 11 is 0. The van der Waals surface area contributed by atoms with Crippen molar-refractivity contribution in [1.82, 2.24) is 5.32 Å². The third kappa shape index (κ3) is 4.53. The number of carbonyl (C=O) groups excluding carboxylic acids is 1. The van der Waals surface area contributed by atoms with Crippen molar-refractivity contribution in [3.05, 3.63) is 35.4 Å². The van der Waals surface area contributed by atoms with Gasteiger partial charge in [-0.1, -0.05) is 24.3 Å². The fourth-order valence-electron chi connectivity index (χ4n) is 2.06. The fourth-order valence-corrected chi connectivity index (χ4v) is 2.06. The van der Waals surface area contributed by atoms with Crippen molar-refractivity contribution in [3.63, 3.8) is 0 Å². The minimum absolute atomic E-state index is 0.212. The van der Waals surface area contributed by atoms with Gasteiger partial charge in [0.05, 0.1) is 0 Å². The summed E-state index contributed by atoms with van der Waals surface area (Å²) in [5.41, 5.74) is 8.02. The lowest BCUT2D eigenvalue weighted by atomic mass is 10.0. The number of nitrogens with two attached hydrogens (primary N) is 1. The minimum Gasteiger partial charge on any atom is -0.444 e. The number of nitrogens with one attached hydrogen (secondary N) is 1. The van der Waals surface area contributed by atoms with Gasteiger partial charge < -0.3 is 15.8 Å². The Bertz CT molecular complexity index is 458. The second kappa shape index (κ2) is 5.83. The molecule has 3 N–H and O–H groups in total. The number of hydrogen-bond acceptors (Lipinski definition) is 3. The van der Waals surface area contributed by atoms with Gasteiger partial charge in [0.2, 0.25) is 0 Å². The maximum absolute atomic E-state index is 11.6. The lowest BCUT2D eigenvalue weighted by Gasteiger charge is -2.21. The van der Waals surface area contributed by atoms with Crippen LogP contribution in [-0.2, 0) is 4.74 Å². The van der Waals surface area contributed by atoms with Crippen molar-refractivity contribution >= 4 is 6.09 Å². The van der Waals surface area contributed by atoms with Crippen molar-refractivity contribution in [2.75, 3.05) is 6.54 Å². The largest absolute Gasteiger partial charge is 0.444 e. The number of amides is 1. The number of rotatable bonds is 4. The van der Waals surface area contributed by atoms with E-state index in [4.69, 9.17) is 10.5 Å². The van der Waals surface area contributed by atoms with Crippen LogP contribution >= 0.6 is 0 Å². The van der Waals surface area contributed by atoms with Crippen LogP contribution in [-0.4, -0.2) is 18.2 Å². The van der Waals surface area contributed by atoms with E-state index in [-0.39, 0.29) is 6.04 Å². The van der Waals surface area contributed by atoms with Gasteiger partial charge in [0.1, 0.15) is 5.60 Å². The van der Waals surface area contributed by atoms with Gasteiger partial charge in [-0.05, 0) is 50.7 Å². The highest BCUT2D eigenvalue weighted by molar-refractivity contribution is 5.67. The third-order valence-electron chi connectivity index (χ3n) is 3.28. The van der Waals surface area contributed by atoms with Crippen LogP contribution in [0.1, 0.15) is 56.7 Å². The molecule has 110 valence electrons. The number of hydrogen-bond donors (Lipinski definition) is 2. The molecule has 0 bridgehead atoms. The van der Waals surface area contributed by atoms with Crippen molar-refractivity contribution in [2.45, 2.75) is 51.2 Å². The summed E-state index contributed by atoms with van der Waals surface area (Å²) in [5.74, 6) is 0.750. The van der Waals surface area contributed by atoms with E-state index < -0.39 is 11.7 Å². The summed E-state index contributed by atoms with van der Waals surface area (Å²) in [7, 11) is 0. The van der Waals surface area contributed by atoms with Crippen molar-refractivity contribution < 1.29 is 9.53 Å². The van der Waals surface area contributed by atoms with Gasteiger partial charge in [0, 0.05) is 12.6 Å². The van der Waals surface area contributed by atoms with Gasteiger partial charge >= 0.3 is 6.09 Å². The first kappa shape index (κ1) is 14.9. The molecule has 1 unspecified atom stereocenters. The standard InChI is InChI=1S/C16H24N2O2/c1-16(2,3)20-15(19)18-10-14(17)13-8-6-12(7-9-13)11-4-5-11/h6-9,11,14H,4-5,10,17H2,1-3H3,(H,18,19). The molecule has 0 saturated heterocycles. The zero-order chi connectivity index (χ0) is 14.8. The Balaban J connectivity index is 1.81. The van der Waals surface area contributed by atoms with Crippen molar-refractivity contribution in [1.29, 1.82) is 0 Å². The second-order valence-corrected chi connectivity index (χ2v) is 6.43. The van der Waals surface area contributed by atoms with Crippen molar-refractivity contribution in [3.8, 4) is 0 Å². The summed E-state index contributed by atoms with van der Waals surface area (Å²) in [6.45, 7) is 5.88. The highest BCUT2D eigenvalue weighted by atomic mass is 16.6. The van der Waals surface area contributed by atoms with Crippen LogP contribution in [0.25, 0.3) is 0 Å². The predicted molar refractivity (Wildman–Crippen MR) is 79.6 cm³/mol. The molecule has 1 aromatic carbocycles. The van der Waals surface area contributed by atoms with E-state index in [0.717, 1.165) is 11.5 Å². The Morgan fingerprint density at radius 1 is 1.35 bits per heavy atom. The van der Waals surface area contributed by atoms with Crippen LogP contribution in [0.2, 0.25) is 0 Å². The lowest BCUT2D eigenvalue weighted by molar-refractivity contribution is 0.0524. The lowest BCUT2D eigenvalue weighted by Crippen LogP contribution is -2.36. The van der Waals surface area contributed by atoms with Gasteiger partial charge in [0.25, 0.3) is 0 Å². The van der Waals surface area contributed by atoms with Crippen LogP contribution in [0.4, 0.5) is 4.79 Å². The van der Waals surface area contributed by atoms with Crippen LogP contribution < -0.4 is 11.1 Å². The third-order valence-corrected chi connectivity index (χ3v) is 3.28. The van der Waals surface area contributed by atoms with E-state index in [9.17, 15) is 4.79 Å². The van der Waals surface area contributed by atoms with E-state index in [1.54, 1.807) is 0 Å². The topological polar surface area (TPSA) is 64.3 Å². The monoisotopic (exact) mass is 276 g/mol. The highest BCUT2D eigenvalue weighted by Crippen LogP contribution is 2.40. The first-order valence-corrected chi connectivity index (χ1v) is 7.17. The SMILES string of the molecule is CC(C)(C)OC(=O)NCC(N)c1ccc(C2CC2)cc1. The predicted octanol–water partition coefficient (Wildman–Crippen LogP) is 3.09. The van der Waals surface area contributed by atoms with E-state index in [0.29, 0.717) is 6.54 Å². The van der Waals surface area contributed by atoms with Gasteiger partial charge in [0.15, 0.2) is 0 Å². The summed E-state index contributed by atoms with van der Waals surface area (Å²) in [5, 5.41) is 2.70. The molecule has 1 fully saturated rings. The smallest absolute Gasteiger partial charge is 0.407 e. The van der Waals surface area contributed by atoms with Gasteiger partial charge in [-0.15, -0.1) is 0 Å². The molecule has 20 heavy (non-hydrogen) atoms. The van der Waals surface area contributed by atoms with E-state index in [1.807, 2.05) is 20.8 Å². The number of benzene rings is 1. The van der Waals surface area contributed by atoms with Crippen molar-refractivity contribution in [2.24, 2.45) is 5.73 Å². The molecule has 1 saturated carbocycles. The van der Waals surface area contributed by atoms with Gasteiger partial charge in [-0.25, -0.2) is 4.79 Å². The zero-order valence-electron chi connectivity index (χ0n) is 12.5. The van der Waals surface area contributed by atoms with Crippen LogP contribution in [0.15, 0.2) is 24.3 Å². The van der Waals surface area contributed by atoms with E-state index in [1.165, 1.54) is 18.4 Å². The number of ether oxygens (including phenoxy) is 1. The molecule has 0 heterocycles. The molecule has 4 nitrogen and oxygen atoms in total. The minimum atomic E-state index is -0.486. The van der Waals surface area contributed by atoms with Crippen LogP contribution in [0.5, 0.6) is 0 Å². The molecular weight excluding hydrogens is 252 g/mol. The Morgan fingerprint density at radius 2 is 1.95 bits per heavy atom. The average molecular weight is 276 g/mol. The molecule has 4 heteroatoms. The summed E-state index contributed by atoms with van der Waals surface area (Å²) in [4.78, 5) is 11.6. The quantitative estimate of drug-likeness (QED) is 0.888. The normalized spacial score (nSPS) is 16.6. The van der Waals surface area contributed by atoms with E-state index in [2.05, 4.69) is 29.6 Å². The first-order chi connectivity index (χ1) is 9.35. The molecular formula is C16H24N2O2. The molecule has 1 aliphatic carbocycles. The van der Waals surface area contributed by atoms with Crippen LogP contribution in [0, 0.1) is 0 Å². The molecule has 1 aromatic rings. The van der Waals surface area contributed by atoms with Crippen LogP contribution in [0.3, 0.4) is 0 Å². The molecule has 1 aliphatic rings. The van der Waals surface area contributed by atoms with Gasteiger partial charge in [-0.2, -0.15) is 0 Å². The highest BCUT2D eigenvalue weighted by Gasteiger charge is 2.23. The summed E-state index contributed by atoms with van der Waals surface area (Å²) < 4.78 is 5.18. The molecule has 2 rings (SSSR count). The maximum atomic E-state index is 11.6. The van der Waals surface area contributed by atoms with Gasteiger partial charge in [-0.3, -0.25) is 0 Å². The zero-order valence-corrected chi connectivity index (χ0v) is 12.5. The Morgan fingerprint density at radius 3 is 2.45 bits per heavy atom.